The molecule has 5 nitrogen and oxygen atoms in total. The number of nitrogens with zero attached hydrogens (tertiary/aromatic N) is 3. The Hall–Kier alpha value is -1.75. The van der Waals surface area contributed by atoms with Crippen LogP contribution in [0.2, 0.25) is 0 Å². The predicted octanol–water partition coefficient (Wildman–Crippen LogP) is 1.99. The Bertz CT molecular complexity index is 525. The summed E-state index contributed by atoms with van der Waals surface area (Å²) in [5, 5.41) is 21.3. The Kier molecular flexibility index (Phi) is 3.72. The van der Waals surface area contributed by atoms with Crippen molar-refractivity contribution in [1.29, 1.82) is 0 Å². The zero-order valence-corrected chi connectivity index (χ0v) is 10.7. The molecule has 2 N–H and O–H groups in total. The Morgan fingerprint density at radius 2 is 1.78 bits per heavy atom. The van der Waals surface area contributed by atoms with Crippen LogP contribution in [0.5, 0.6) is 0 Å². The van der Waals surface area contributed by atoms with E-state index in [1.165, 1.54) is 0 Å². The number of fused-ring (bicyclic) bond motifs is 1. The van der Waals surface area contributed by atoms with Crippen molar-refractivity contribution in [2.24, 2.45) is 0 Å². The topological polar surface area (TPSA) is 70.9 Å². The molecule has 2 aromatic rings. The van der Waals surface area contributed by atoms with Gasteiger partial charge in [-0.3, -0.25) is 0 Å². The van der Waals surface area contributed by atoms with E-state index < -0.39 is 5.60 Å². The number of hydrogen-bond acceptors (Lipinski definition) is 5. The molecule has 0 spiro atoms. The van der Waals surface area contributed by atoms with Crippen molar-refractivity contribution in [2.75, 3.05) is 11.9 Å². The highest BCUT2D eigenvalue weighted by atomic mass is 16.3. The molecule has 0 saturated heterocycles. The van der Waals surface area contributed by atoms with Crippen molar-refractivity contribution in [3.8, 4) is 0 Å². The zero-order valence-electron chi connectivity index (χ0n) is 10.7. The molecule has 1 aromatic carbocycles. The van der Waals surface area contributed by atoms with E-state index in [4.69, 9.17) is 0 Å². The van der Waals surface area contributed by atoms with Gasteiger partial charge in [0.05, 0.1) is 11.1 Å². The van der Waals surface area contributed by atoms with Crippen LogP contribution in [0, 0.1) is 0 Å². The second-order valence-electron chi connectivity index (χ2n) is 4.41. The largest absolute Gasteiger partial charge is 0.388 e. The summed E-state index contributed by atoms with van der Waals surface area (Å²) in [6.07, 6.45) is 1.38. The van der Waals surface area contributed by atoms with Gasteiger partial charge in [0.15, 0.2) is 0 Å². The molecule has 2 rings (SSSR count). The first-order valence-corrected chi connectivity index (χ1v) is 6.22. The molecule has 0 saturated carbocycles. The van der Waals surface area contributed by atoms with E-state index in [0.29, 0.717) is 25.3 Å². The number of aliphatic hydroxyl groups is 1. The van der Waals surface area contributed by atoms with Crippen LogP contribution in [-0.2, 0) is 0 Å². The van der Waals surface area contributed by atoms with E-state index in [-0.39, 0.29) is 0 Å². The normalized spacial score (nSPS) is 11.7. The van der Waals surface area contributed by atoms with Crippen LogP contribution in [0.25, 0.3) is 11.0 Å². The molecular weight excluding hydrogens is 228 g/mol. The number of hydrogen-bond donors (Lipinski definition) is 2. The van der Waals surface area contributed by atoms with Gasteiger partial charge in [-0.05, 0) is 25.0 Å². The van der Waals surface area contributed by atoms with E-state index in [1.54, 1.807) is 0 Å². The summed E-state index contributed by atoms with van der Waals surface area (Å²) >= 11 is 0. The van der Waals surface area contributed by atoms with Gasteiger partial charge in [0.2, 0.25) is 5.95 Å². The summed E-state index contributed by atoms with van der Waals surface area (Å²) in [4.78, 5) is 4.35. The zero-order chi connectivity index (χ0) is 13.0. The SMILES string of the molecule is CCC(O)(CC)CNc1nnc2ccccc2n1. The molecule has 0 amide bonds. The summed E-state index contributed by atoms with van der Waals surface area (Å²) in [5.41, 5.74) is 0.852. The Morgan fingerprint density at radius 1 is 1.11 bits per heavy atom. The summed E-state index contributed by atoms with van der Waals surface area (Å²) < 4.78 is 0. The predicted molar refractivity (Wildman–Crippen MR) is 71.4 cm³/mol. The number of para-hydroxylation sites is 1. The maximum absolute atomic E-state index is 10.2. The van der Waals surface area contributed by atoms with Crippen molar-refractivity contribution in [2.45, 2.75) is 32.3 Å². The molecule has 5 heteroatoms. The summed E-state index contributed by atoms with van der Waals surface area (Å²) in [6, 6.07) is 7.57. The van der Waals surface area contributed by atoms with Crippen LogP contribution < -0.4 is 5.32 Å². The lowest BCUT2D eigenvalue weighted by Gasteiger charge is -2.25. The fraction of sp³-hybridized carbons (Fsp3) is 0.462. The van der Waals surface area contributed by atoms with Crippen molar-refractivity contribution < 1.29 is 5.11 Å². The smallest absolute Gasteiger partial charge is 0.243 e. The fourth-order valence-electron chi connectivity index (χ4n) is 1.70. The molecule has 0 aliphatic carbocycles. The highest BCUT2D eigenvalue weighted by Gasteiger charge is 2.22. The minimum Gasteiger partial charge on any atom is -0.388 e. The molecule has 0 bridgehead atoms. The molecule has 0 atom stereocenters. The van der Waals surface area contributed by atoms with Crippen LogP contribution in [0.15, 0.2) is 24.3 Å². The third kappa shape index (κ3) is 2.73. The van der Waals surface area contributed by atoms with Crippen LogP contribution in [0.1, 0.15) is 26.7 Å². The maximum Gasteiger partial charge on any atom is 0.243 e. The third-order valence-corrected chi connectivity index (χ3v) is 3.25. The van der Waals surface area contributed by atoms with Crippen LogP contribution >= 0.6 is 0 Å². The molecule has 0 aliphatic heterocycles. The molecule has 18 heavy (non-hydrogen) atoms. The first-order valence-electron chi connectivity index (χ1n) is 6.22. The molecular formula is C13H18N4O. The van der Waals surface area contributed by atoms with E-state index >= 15 is 0 Å². The molecule has 0 unspecified atom stereocenters. The lowest BCUT2D eigenvalue weighted by molar-refractivity contribution is 0.0455. The lowest BCUT2D eigenvalue weighted by Crippen LogP contribution is -2.35. The molecule has 1 aromatic heterocycles. The van der Waals surface area contributed by atoms with Crippen molar-refractivity contribution in [3.05, 3.63) is 24.3 Å². The maximum atomic E-state index is 10.2. The van der Waals surface area contributed by atoms with Crippen molar-refractivity contribution in [3.63, 3.8) is 0 Å². The Labute approximate surface area is 106 Å². The monoisotopic (exact) mass is 246 g/mol. The standard InChI is InChI=1S/C13H18N4O/c1-3-13(18,4-2)9-14-12-15-10-7-5-6-8-11(10)16-17-12/h5-8,18H,3-4,9H2,1-2H3,(H,14,15,17). The van der Waals surface area contributed by atoms with Gasteiger partial charge in [-0.15, -0.1) is 10.2 Å². The molecule has 0 fully saturated rings. The summed E-state index contributed by atoms with van der Waals surface area (Å²) in [7, 11) is 0. The number of anilines is 1. The number of rotatable bonds is 5. The second kappa shape index (κ2) is 5.27. The second-order valence-corrected chi connectivity index (χ2v) is 4.41. The van der Waals surface area contributed by atoms with Crippen LogP contribution in [-0.4, -0.2) is 32.4 Å². The first kappa shape index (κ1) is 12.7. The van der Waals surface area contributed by atoms with Crippen LogP contribution in [0.3, 0.4) is 0 Å². The van der Waals surface area contributed by atoms with Crippen molar-refractivity contribution >= 4 is 17.0 Å². The van der Waals surface area contributed by atoms with Gasteiger partial charge in [-0.25, -0.2) is 4.98 Å². The molecule has 96 valence electrons. The quantitative estimate of drug-likeness (QED) is 0.844. The van der Waals surface area contributed by atoms with E-state index in [0.717, 1.165) is 11.0 Å². The molecule has 0 aliphatic rings. The highest BCUT2D eigenvalue weighted by molar-refractivity contribution is 5.73. The van der Waals surface area contributed by atoms with Gasteiger partial charge in [0, 0.05) is 6.54 Å². The first-order chi connectivity index (χ1) is 8.67. The number of nitrogens with one attached hydrogen (secondary N) is 1. The van der Waals surface area contributed by atoms with Crippen LogP contribution in [0.4, 0.5) is 5.95 Å². The third-order valence-electron chi connectivity index (χ3n) is 3.25. The average Bonchev–Trinajstić information content (AvgIpc) is 2.44. The average molecular weight is 246 g/mol. The Balaban J connectivity index is 2.12. The van der Waals surface area contributed by atoms with Gasteiger partial charge >= 0.3 is 0 Å². The minimum atomic E-state index is -0.713. The highest BCUT2D eigenvalue weighted by Crippen LogP contribution is 2.15. The molecule has 1 heterocycles. The van der Waals surface area contributed by atoms with Gasteiger partial charge in [-0.1, -0.05) is 26.0 Å². The van der Waals surface area contributed by atoms with E-state index in [9.17, 15) is 5.11 Å². The van der Waals surface area contributed by atoms with Crippen molar-refractivity contribution in [1.82, 2.24) is 15.2 Å². The number of aromatic nitrogens is 3. The lowest BCUT2D eigenvalue weighted by atomic mass is 9.98. The van der Waals surface area contributed by atoms with Gasteiger partial charge in [-0.2, -0.15) is 0 Å². The van der Waals surface area contributed by atoms with Gasteiger partial charge in [0.25, 0.3) is 0 Å². The van der Waals surface area contributed by atoms with Gasteiger partial charge < -0.3 is 10.4 Å². The number of benzene rings is 1. The Morgan fingerprint density at radius 3 is 2.44 bits per heavy atom. The summed E-state index contributed by atoms with van der Waals surface area (Å²) in [6.45, 7) is 4.36. The van der Waals surface area contributed by atoms with E-state index in [1.807, 2.05) is 38.1 Å². The van der Waals surface area contributed by atoms with Gasteiger partial charge in [0.1, 0.15) is 5.52 Å². The fourth-order valence-corrected chi connectivity index (χ4v) is 1.70. The minimum absolute atomic E-state index is 0.431. The molecule has 0 radical (unpaired) electrons. The summed E-state index contributed by atoms with van der Waals surface area (Å²) in [5.74, 6) is 0.453. The van der Waals surface area contributed by atoms with E-state index in [2.05, 4.69) is 20.5 Å².